The van der Waals surface area contributed by atoms with Gasteiger partial charge in [0.05, 0.1) is 32.3 Å². The van der Waals surface area contributed by atoms with E-state index in [1.54, 1.807) is 48.5 Å². The lowest BCUT2D eigenvalue weighted by atomic mass is 10.1. The molecule has 0 N–H and O–H groups in total. The number of rotatable bonds is 7. The zero-order valence-corrected chi connectivity index (χ0v) is 19.9. The summed E-state index contributed by atoms with van der Waals surface area (Å²) in [6.45, 7) is 0. The number of halogens is 1. The van der Waals surface area contributed by atoms with Crippen LogP contribution < -0.4 is 24.4 Å². The highest BCUT2D eigenvalue weighted by molar-refractivity contribution is 6.30. The molecule has 0 atom stereocenters. The van der Waals surface area contributed by atoms with Crippen molar-refractivity contribution in [3.63, 3.8) is 0 Å². The van der Waals surface area contributed by atoms with Crippen LogP contribution in [0.3, 0.4) is 0 Å². The molecule has 0 aliphatic heterocycles. The normalized spacial score (nSPS) is 11.0. The Hall–Kier alpha value is -4.23. The van der Waals surface area contributed by atoms with E-state index in [1.807, 2.05) is 0 Å². The molecule has 0 fully saturated rings. The molecule has 0 bridgehead atoms. The molecule has 0 aliphatic rings. The summed E-state index contributed by atoms with van der Waals surface area (Å²) in [5.74, 6) is 0.995. The molecule has 35 heavy (non-hydrogen) atoms. The summed E-state index contributed by atoms with van der Waals surface area (Å²) in [4.78, 5) is 25.3. The summed E-state index contributed by atoms with van der Waals surface area (Å²) in [6.07, 6.45) is 4.21. The van der Waals surface area contributed by atoms with Gasteiger partial charge >= 0.3 is 5.97 Å². The third-order valence-corrected chi connectivity index (χ3v) is 5.47. The van der Waals surface area contributed by atoms with Crippen molar-refractivity contribution in [2.45, 2.75) is 0 Å². The van der Waals surface area contributed by atoms with Gasteiger partial charge in [0.2, 0.25) is 5.75 Å². The topological polar surface area (TPSA) is 84.2 Å². The van der Waals surface area contributed by atoms with Crippen molar-refractivity contribution < 1.29 is 28.2 Å². The fourth-order valence-electron chi connectivity index (χ4n) is 3.51. The van der Waals surface area contributed by atoms with Gasteiger partial charge in [-0.1, -0.05) is 23.7 Å². The highest BCUT2D eigenvalue weighted by Crippen LogP contribution is 2.38. The molecular weight excluding hydrogens is 472 g/mol. The van der Waals surface area contributed by atoms with E-state index >= 15 is 0 Å². The van der Waals surface area contributed by atoms with Crippen LogP contribution in [0, 0.1) is 0 Å². The predicted molar refractivity (Wildman–Crippen MR) is 134 cm³/mol. The third-order valence-electron chi connectivity index (χ3n) is 5.22. The molecule has 1 aromatic heterocycles. The van der Waals surface area contributed by atoms with Crippen LogP contribution in [0.15, 0.2) is 76.1 Å². The SMILES string of the molecule is COc1cc(C=CC(=O)Oc2ccc3c(=O)c(-c4ccc(Cl)cc4)coc3c2)cc(OC)c1OC. The molecule has 7 nitrogen and oxygen atoms in total. The fourth-order valence-corrected chi connectivity index (χ4v) is 3.64. The molecule has 0 aliphatic carbocycles. The Morgan fingerprint density at radius 1 is 0.914 bits per heavy atom. The summed E-state index contributed by atoms with van der Waals surface area (Å²) >= 11 is 5.93. The van der Waals surface area contributed by atoms with Gasteiger partial charge in [0.1, 0.15) is 17.6 Å². The van der Waals surface area contributed by atoms with Crippen molar-refractivity contribution in [1.82, 2.24) is 0 Å². The van der Waals surface area contributed by atoms with Gasteiger partial charge in [0.25, 0.3) is 0 Å². The van der Waals surface area contributed by atoms with Crippen molar-refractivity contribution in [2.24, 2.45) is 0 Å². The van der Waals surface area contributed by atoms with E-state index in [4.69, 9.17) is 35.0 Å². The van der Waals surface area contributed by atoms with E-state index in [9.17, 15) is 9.59 Å². The number of ether oxygens (including phenoxy) is 4. The number of methoxy groups -OCH3 is 3. The van der Waals surface area contributed by atoms with E-state index in [1.165, 1.54) is 45.8 Å². The molecule has 0 saturated heterocycles. The van der Waals surface area contributed by atoms with Crippen LogP contribution in [-0.2, 0) is 4.79 Å². The molecule has 4 rings (SSSR count). The Balaban J connectivity index is 1.54. The van der Waals surface area contributed by atoms with E-state index < -0.39 is 5.97 Å². The van der Waals surface area contributed by atoms with Gasteiger partial charge < -0.3 is 23.4 Å². The summed E-state index contributed by atoms with van der Waals surface area (Å²) in [5, 5.41) is 0.940. The number of hydrogen-bond acceptors (Lipinski definition) is 7. The Labute approximate surface area is 206 Å². The van der Waals surface area contributed by atoms with Gasteiger partial charge in [-0.25, -0.2) is 4.79 Å². The maximum atomic E-state index is 12.9. The highest BCUT2D eigenvalue weighted by atomic mass is 35.5. The first-order valence-corrected chi connectivity index (χ1v) is 10.8. The fraction of sp³-hybridized carbons (Fsp3) is 0.111. The summed E-state index contributed by atoms with van der Waals surface area (Å²) in [6, 6.07) is 14.9. The molecule has 3 aromatic carbocycles. The maximum Gasteiger partial charge on any atom is 0.336 e. The van der Waals surface area contributed by atoms with Crippen LogP contribution in [0.2, 0.25) is 5.02 Å². The van der Waals surface area contributed by atoms with Crippen LogP contribution in [-0.4, -0.2) is 27.3 Å². The molecule has 4 aromatic rings. The number of carbonyl (C=O) groups excluding carboxylic acids is 1. The highest BCUT2D eigenvalue weighted by Gasteiger charge is 2.13. The quantitative estimate of drug-likeness (QED) is 0.184. The van der Waals surface area contributed by atoms with Crippen LogP contribution in [0.4, 0.5) is 0 Å². The molecular formula is C27H21ClO7. The second-order valence-corrected chi connectivity index (χ2v) is 7.79. The zero-order valence-electron chi connectivity index (χ0n) is 19.2. The largest absolute Gasteiger partial charge is 0.493 e. The van der Waals surface area contributed by atoms with Gasteiger partial charge in [0.15, 0.2) is 16.9 Å². The first-order chi connectivity index (χ1) is 16.9. The minimum absolute atomic E-state index is 0.200. The Morgan fingerprint density at radius 3 is 2.23 bits per heavy atom. The van der Waals surface area contributed by atoms with Gasteiger partial charge in [-0.15, -0.1) is 0 Å². The predicted octanol–water partition coefficient (Wildman–Crippen LogP) is 5.76. The lowest BCUT2D eigenvalue weighted by Gasteiger charge is -2.12. The van der Waals surface area contributed by atoms with Crippen LogP contribution in [0.1, 0.15) is 5.56 Å². The van der Waals surface area contributed by atoms with Crippen LogP contribution in [0.25, 0.3) is 28.2 Å². The van der Waals surface area contributed by atoms with Crippen molar-refractivity contribution >= 4 is 34.6 Å². The summed E-state index contributed by atoms with van der Waals surface area (Å²) in [7, 11) is 4.53. The Morgan fingerprint density at radius 2 is 1.60 bits per heavy atom. The van der Waals surface area contributed by atoms with Crippen LogP contribution in [0.5, 0.6) is 23.0 Å². The van der Waals surface area contributed by atoms with Crippen LogP contribution >= 0.6 is 11.6 Å². The molecule has 1 heterocycles. The van der Waals surface area contributed by atoms with Gasteiger partial charge in [-0.3, -0.25) is 4.79 Å². The number of carbonyl (C=O) groups is 1. The van der Waals surface area contributed by atoms with Gasteiger partial charge in [-0.2, -0.15) is 0 Å². The number of hydrogen-bond donors (Lipinski definition) is 0. The molecule has 0 radical (unpaired) electrons. The van der Waals surface area contributed by atoms with E-state index in [0.29, 0.717) is 49.9 Å². The number of benzene rings is 3. The lowest BCUT2D eigenvalue weighted by molar-refractivity contribution is -0.128. The van der Waals surface area contributed by atoms with Crippen molar-refractivity contribution in [3.8, 4) is 34.1 Å². The minimum atomic E-state index is -0.613. The van der Waals surface area contributed by atoms with Crippen molar-refractivity contribution in [3.05, 3.63) is 87.7 Å². The van der Waals surface area contributed by atoms with Gasteiger partial charge in [0, 0.05) is 17.2 Å². The second kappa shape index (κ2) is 10.4. The average molecular weight is 493 g/mol. The number of esters is 1. The molecule has 0 saturated carbocycles. The minimum Gasteiger partial charge on any atom is -0.493 e. The third kappa shape index (κ3) is 5.15. The van der Waals surface area contributed by atoms with E-state index in [2.05, 4.69) is 0 Å². The molecule has 0 unspecified atom stereocenters. The van der Waals surface area contributed by atoms with Crippen molar-refractivity contribution in [1.29, 1.82) is 0 Å². The Bertz CT molecular complexity index is 1440. The zero-order chi connectivity index (χ0) is 24.9. The van der Waals surface area contributed by atoms with E-state index in [0.717, 1.165) is 0 Å². The number of fused-ring (bicyclic) bond motifs is 1. The lowest BCUT2D eigenvalue weighted by Crippen LogP contribution is -2.06. The molecule has 178 valence electrons. The maximum absolute atomic E-state index is 12.9. The van der Waals surface area contributed by atoms with Crippen molar-refractivity contribution in [2.75, 3.05) is 21.3 Å². The second-order valence-electron chi connectivity index (χ2n) is 7.36. The summed E-state index contributed by atoms with van der Waals surface area (Å²) in [5.41, 5.74) is 1.85. The first kappa shape index (κ1) is 23.9. The summed E-state index contributed by atoms with van der Waals surface area (Å²) < 4.78 is 27.0. The average Bonchev–Trinajstić information content (AvgIpc) is 2.87. The molecule has 0 spiro atoms. The smallest absolute Gasteiger partial charge is 0.336 e. The standard InChI is InChI=1S/C27H21ClO7/c1-31-23-12-16(13-24(32-2)27(23)33-3)4-11-25(29)35-19-9-10-20-22(14-19)34-15-21(26(20)30)17-5-7-18(28)8-6-17/h4-15H,1-3H3. The van der Waals surface area contributed by atoms with E-state index in [-0.39, 0.29) is 11.2 Å². The first-order valence-electron chi connectivity index (χ1n) is 10.4. The molecule has 8 heteroatoms. The van der Waals surface area contributed by atoms with Gasteiger partial charge in [-0.05, 0) is 53.6 Å². The monoisotopic (exact) mass is 492 g/mol. The molecule has 0 amide bonds. The Kier molecular flexibility index (Phi) is 7.08.